The molecule has 0 aliphatic carbocycles. The summed E-state index contributed by atoms with van der Waals surface area (Å²) in [7, 11) is 0. The summed E-state index contributed by atoms with van der Waals surface area (Å²) in [5, 5.41) is 0. The predicted octanol–water partition coefficient (Wildman–Crippen LogP) is -0.324. The van der Waals surface area contributed by atoms with E-state index < -0.39 is 11.4 Å². The van der Waals surface area contributed by atoms with Crippen molar-refractivity contribution in [3.8, 4) is 0 Å². The molecular formula is H2O3SZn2. The molecule has 0 aliphatic rings. The van der Waals surface area contributed by atoms with Gasteiger partial charge in [-0.2, -0.15) is 4.21 Å². The molecule has 0 aromatic rings. The Bertz CT molecular complexity index is 31.8. The molecule has 6 heteroatoms. The third-order valence-electron chi connectivity index (χ3n) is 0. The third-order valence-corrected chi connectivity index (χ3v) is 0. The van der Waals surface area contributed by atoms with E-state index in [1.54, 1.807) is 0 Å². The van der Waals surface area contributed by atoms with E-state index in [9.17, 15) is 0 Å². The van der Waals surface area contributed by atoms with Crippen LogP contribution >= 0.6 is 0 Å². The van der Waals surface area contributed by atoms with Crippen molar-refractivity contribution in [1.82, 2.24) is 0 Å². The van der Waals surface area contributed by atoms with Gasteiger partial charge in [0.05, 0.1) is 0 Å². The van der Waals surface area contributed by atoms with E-state index in [4.69, 9.17) is 13.3 Å². The maximum absolute atomic E-state index is 8.67. The van der Waals surface area contributed by atoms with E-state index in [1.165, 1.54) is 0 Å². The Hall–Kier alpha value is 1.32. The van der Waals surface area contributed by atoms with E-state index in [1.807, 2.05) is 0 Å². The second kappa shape index (κ2) is 9.58. The molecular weight excluding hydrogens is 211 g/mol. The minimum absolute atomic E-state index is 0. The van der Waals surface area contributed by atoms with Gasteiger partial charge in [-0.25, -0.2) is 0 Å². The second-order valence-electron chi connectivity index (χ2n) is 0.231. The first-order valence-corrected chi connectivity index (χ1v) is 1.60. The van der Waals surface area contributed by atoms with Crippen molar-refractivity contribution in [3.63, 3.8) is 0 Å². The van der Waals surface area contributed by atoms with E-state index in [0.29, 0.717) is 0 Å². The van der Waals surface area contributed by atoms with Crippen molar-refractivity contribution in [2.75, 3.05) is 0 Å². The maximum atomic E-state index is 8.67. The fraction of sp³-hybridized carbons (Fsp3) is 0. The van der Waals surface area contributed by atoms with Crippen LogP contribution in [0, 0.1) is 0 Å². The van der Waals surface area contributed by atoms with E-state index >= 15 is 0 Å². The molecule has 0 spiro atoms. The van der Waals surface area contributed by atoms with Crippen molar-refractivity contribution in [2.45, 2.75) is 0 Å². The summed E-state index contributed by atoms with van der Waals surface area (Å²) in [6, 6.07) is 0. The Morgan fingerprint density at radius 3 is 1.17 bits per heavy atom. The minimum atomic E-state index is -2.61. The maximum Gasteiger partial charge on any atom is 0.299 e. The van der Waals surface area contributed by atoms with Gasteiger partial charge in [0.1, 0.15) is 0 Å². The van der Waals surface area contributed by atoms with Crippen LogP contribution in [-0.4, -0.2) is 13.3 Å². The van der Waals surface area contributed by atoms with Gasteiger partial charge in [-0.3, -0.25) is 9.11 Å². The molecule has 0 saturated heterocycles. The summed E-state index contributed by atoms with van der Waals surface area (Å²) in [5.74, 6) is 0. The van der Waals surface area contributed by atoms with Crippen LogP contribution in [0.4, 0.5) is 0 Å². The van der Waals surface area contributed by atoms with Gasteiger partial charge in [0.2, 0.25) is 0 Å². The molecule has 0 aromatic carbocycles. The molecule has 6 heavy (non-hydrogen) atoms. The Labute approximate surface area is 63.5 Å². The average Bonchev–Trinajstić information content (AvgIpc) is 0.811. The van der Waals surface area contributed by atoms with Crippen LogP contribution in [0.25, 0.3) is 0 Å². The van der Waals surface area contributed by atoms with Crippen LogP contribution in [0.15, 0.2) is 0 Å². The summed E-state index contributed by atoms with van der Waals surface area (Å²) >= 11 is -2.61. The van der Waals surface area contributed by atoms with Crippen LogP contribution < -0.4 is 0 Å². The standard InChI is InChI=1S/H2O3S.2Zn/c1-4(2)3;;/h(H2,1,2,3);;. The topological polar surface area (TPSA) is 57.5 Å². The number of hydrogen-bond acceptors (Lipinski definition) is 1. The van der Waals surface area contributed by atoms with Crippen molar-refractivity contribution >= 4 is 11.4 Å². The quantitative estimate of drug-likeness (QED) is 0.428. The molecule has 0 amide bonds. The van der Waals surface area contributed by atoms with Gasteiger partial charge in [0.25, 0.3) is 11.4 Å². The number of rotatable bonds is 0. The minimum Gasteiger partial charge on any atom is -0.284 e. The van der Waals surface area contributed by atoms with Crippen molar-refractivity contribution in [2.24, 2.45) is 0 Å². The molecule has 30 valence electrons. The molecule has 2 N–H and O–H groups in total. The van der Waals surface area contributed by atoms with Crippen molar-refractivity contribution in [1.29, 1.82) is 0 Å². The van der Waals surface area contributed by atoms with Crippen molar-refractivity contribution in [3.05, 3.63) is 0 Å². The summed E-state index contributed by atoms with van der Waals surface area (Å²) in [5.41, 5.74) is 0. The summed E-state index contributed by atoms with van der Waals surface area (Å²) < 4.78 is 22.8. The van der Waals surface area contributed by atoms with Crippen LogP contribution in [0.1, 0.15) is 0 Å². The molecule has 0 unspecified atom stereocenters. The molecule has 0 bridgehead atoms. The SMILES string of the molecule is O=S(O)O.[Zn].[Zn]. The van der Waals surface area contributed by atoms with Crippen LogP contribution in [0.5, 0.6) is 0 Å². The first kappa shape index (κ1) is 15.7. The van der Waals surface area contributed by atoms with Gasteiger partial charge in [0, 0.05) is 39.0 Å². The normalized spacial score (nSPS) is 5.83. The number of hydrogen-bond donors (Lipinski definition) is 2. The zero-order chi connectivity index (χ0) is 3.58. The van der Waals surface area contributed by atoms with Gasteiger partial charge < -0.3 is 0 Å². The summed E-state index contributed by atoms with van der Waals surface area (Å²) in [6.45, 7) is 0. The molecule has 0 saturated carbocycles. The van der Waals surface area contributed by atoms with Gasteiger partial charge in [-0.05, 0) is 0 Å². The first-order chi connectivity index (χ1) is 1.73. The monoisotopic (exact) mass is 210 g/mol. The first-order valence-electron chi connectivity index (χ1n) is 0.532. The fourth-order valence-electron chi connectivity index (χ4n) is 0. The zero-order valence-electron chi connectivity index (χ0n) is 3.13. The van der Waals surface area contributed by atoms with Crippen molar-refractivity contribution < 1.29 is 52.3 Å². The molecule has 0 rings (SSSR count). The molecule has 0 fully saturated rings. The zero-order valence-corrected chi connectivity index (χ0v) is 9.88. The van der Waals surface area contributed by atoms with Crippen LogP contribution in [0.3, 0.4) is 0 Å². The Kier molecular flexibility index (Phi) is 25.0. The summed E-state index contributed by atoms with van der Waals surface area (Å²) in [6.07, 6.45) is 0. The van der Waals surface area contributed by atoms with E-state index in [2.05, 4.69) is 0 Å². The van der Waals surface area contributed by atoms with E-state index in [0.717, 1.165) is 0 Å². The van der Waals surface area contributed by atoms with Gasteiger partial charge in [0.15, 0.2) is 0 Å². The third kappa shape index (κ3) is 57.1. The predicted molar refractivity (Wildman–Crippen MR) is 13.4 cm³/mol. The molecule has 3 nitrogen and oxygen atoms in total. The molecule has 0 radical (unpaired) electrons. The van der Waals surface area contributed by atoms with Gasteiger partial charge >= 0.3 is 0 Å². The second-order valence-corrected chi connectivity index (χ2v) is 0.692. The van der Waals surface area contributed by atoms with Gasteiger partial charge in [-0.15, -0.1) is 0 Å². The average molecular weight is 213 g/mol. The Morgan fingerprint density at radius 2 is 1.17 bits per heavy atom. The Balaban J connectivity index is -0.0000000450. The van der Waals surface area contributed by atoms with Crippen LogP contribution in [-0.2, 0) is 50.3 Å². The fourth-order valence-corrected chi connectivity index (χ4v) is 0. The Morgan fingerprint density at radius 1 is 1.17 bits per heavy atom. The molecule has 0 aromatic heterocycles. The van der Waals surface area contributed by atoms with Crippen LogP contribution in [0.2, 0.25) is 0 Å². The summed E-state index contributed by atoms with van der Waals surface area (Å²) in [4.78, 5) is 0. The van der Waals surface area contributed by atoms with Gasteiger partial charge in [-0.1, -0.05) is 0 Å². The van der Waals surface area contributed by atoms with E-state index in [-0.39, 0.29) is 39.0 Å². The molecule has 0 aliphatic heterocycles. The smallest absolute Gasteiger partial charge is 0.284 e. The largest absolute Gasteiger partial charge is 0.299 e. The molecule has 0 atom stereocenters. The molecule has 0 heterocycles.